The van der Waals surface area contributed by atoms with Crippen LogP contribution in [0, 0.1) is 15.9 Å². The summed E-state index contributed by atoms with van der Waals surface area (Å²) in [5, 5.41) is 14.0. The highest BCUT2D eigenvalue weighted by Crippen LogP contribution is 2.31. The fourth-order valence-corrected chi connectivity index (χ4v) is 2.49. The van der Waals surface area contributed by atoms with Gasteiger partial charge in [0.2, 0.25) is 0 Å². The van der Waals surface area contributed by atoms with Crippen LogP contribution in [-0.4, -0.2) is 30.1 Å². The third-order valence-electron chi connectivity index (χ3n) is 3.19. The molecule has 0 bridgehead atoms. The summed E-state index contributed by atoms with van der Waals surface area (Å²) in [5.74, 6) is -0.609. The molecule has 19 heavy (non-hydrogen) atoms. The van der Waals surface area contributed by atoms with E-state index in [0.717, 1.165) is 6.07 Å². The summed E-state index contributed by atoms with van der Waals surface area (Å²) in [6.45, 7) is 5.29. The lowest BCUT2D eigenvalue weighted by Crippen LogP contribution is -2.54. The normalized spacial score (nSPS) is 23.4. The summed E-state index contributed by atoms with van der Waals surface area (Å²) in [6.07, 6.45) is 0. The summed E-state index contributed by atoms with van der Waals surface area (Å²) >= 11 is 0. The maximum absolute atomic E-state index is 14.0. The number of benzene rings is 1. The zero-order chi connectivity index (χ0) is 14.2. The standard InChI is InChI=1S/C12H17FN4O2/c1-7-5-16(6-8(2)15-7)11-4-10(14)12(17(18)19)3-9(11)13/h3-4,7-8,15H,5-6,14H2,1-2H3. The summed E-state index contributed by atoms with van der Waals surface area (Å²) in [4.78, 5) is 11.9. The number of nitrogen functional groups attached to an aromatic ring is 1. The van der Waals surface area contributed by atoms with Crippen LogP contribution < -0.4 is 16.0 Å². The van der Waals surface area contributed by atoms with E-state index in [-0.39, 0.29) is 17.8 Å². The topological polar surface area (TPSA) is 84.4 Å². The number of anilines is 2. The second kappa shape index (κ2) is 5.00. The fourth-order valence-electron chi connectivity index (χ4n) is 2.49. The van der Waals surface area contributed by atoms with Gasteiger partial charge in [0.25, 0.3) is 5.69 Å². The van der Waals surface area contributed by atoms with Gasteiger partial charge in [-0.3, -0.25) is 10.1 Å². The molecule has 0 radical (unpaired) electrons. The molecule has 2 rings (SSSR count). The summed E-state index contributed by atoms with van der Waals surface area (Å²) in [7, 11) is 0. The van der Waals surface area contributed by atoms with E-state index < -0.39 is 16.4 Å². The maximum Gasteiger partial charge on any atom is 0.295 e. The van der Waals surface area contributed by atoms with Crippen LogP contribution in [0.3, 0.4) is 0 Å². The zero-order valence-electron chi connectivity index (χ0n) is 10.9. The molecular weight excluding hydrogens is 251 g/mol. The first-order chi connectivity index (χ1) is 8.88. The maximum atomic E-state index is 14.0. The quantitative estimate of drug-likeness (QED) is 0.482. The van der Waals surface area contributed by atoms with Crippen LogP contribution in [0.15, 0.2) is 12.1 Å². The second-order valence-corrected chi connectivity index (χ2v) is 4.99. The van der Waals surface area contributed by atoms with Crippen LogP contribution in [0.1, 0.15) is 13.8 Å². The number of piperazine rings is 1. The SMILES string of the molecule is CC1CN(c2cc(N)c([N+](=O)[O-])cc2F)CC(C)N1. The largest absolute Gasteiger partial charge is 0.393 e. The van der Waals surface area contributed by atoms with Crippen LogP contribution in [0.2, 0.25) is 0 Å². The van der Waals surface area contributed by atoms with E-state index in [0.29, 0.717) is 18.8 Å². The summed E-state index contributed by atoms with van der Waals surface area (Å²) < 4.78 is 14.0. The highest BCUT2D eigenvalue weighted by molar-refractivity contribution is 5.67. The minimum absolute atomic E-state index is 0.0137. The van der Waals surface area contributed by atoms with Crippen molar-refractivity contribution in [2.24, 2.45) is 0 Å². The fraction of sp³-hybridized carbons (Fsp3) is 0.500. The predicted octanol–water partition coefficient (Wildman–Crippen LogP) is 1.50. The molecule has 7 heteroatoms. The number of hydrogen-bond acceptors (Lipinski definition) is 5. The first-order valence-corrected chi connectivity index (χ1v) is 6.13. The molecule has 0 saturated carbocycles. The van der Waals surface area contributed by atoms with Crippen LogP contribution in [0.5, 0.6) is 0 Å². The molecule has 1 fully saturated rings. The van der Waals surface area contributed by atoms with Gasteiger partial charge in [0, 0.05) is 25.2 Å². The number of nitro benzene ring substituents is 1. The van der Waals surface area contributed by atoms with Crippen molar-refractivity contribution in [3.8, 4) is 0 Å². The molecular formula is C12H17FN4O2. The van der Waals surface area contributed by atoms with Gasteiger partial charge >= 0.3 is 0 Å². The van der Waals surface area contributed by atoms with E-state index in [2.05, 4.69) is 5.32 Å². The van der Waals surface area contributed by atoms with E-state index >= 15 is 0 Å². The van der Waals surface area contributed by atoms with Crippen molar-refractivity contribution in [2.45, 2.75) is 25.9 Å². The van der Waals surface area contributed by atoms with E-state index in [4.69, 9.17) is 5.73 Å². The Bertz CT molecular complexity index is 499. The van der Waals surface area contributed by atoms with Crippen LogP contribution >= 0.6 is 0 Å². The smallest absolute Gasteiger partial charge is 0.295 e. The van der Waals surface area contributed by atoms with Crippen molar-refractivity contribution in [1.29, 1.82) is 0 Å². The molecule has 0 spiro atoms. The molecule has 1 aliphatic heterocycles. The minimum Gasteiger partial charge on any atom is -0.393 e. The van der Waals surface area contributed by atoms with Gasteiger partial charge in [0.1, 0.15) is 5.69 Å². The molecule has 0 aliphatic carbocycles. The van der Waals surface area contributed by atoms with Gasteiger partial charge in [0.15, 0.2) is 5.82 Å². The molecule has 2 unspecified atom stereocenters. The van der Waals surface area contributed by atoms with Crippen molar-refractivity contribution in [1.82, 2.24) is 5.32 Å². The number of nitrogens with zero attached hydrogens (tertiary/aromatic N) is 2. The Kier molecular flexibility index (Phi) is 3.57. The predicted molar refractivity (Wildman–Crippen MR) is 71.7 cm³/mol. The Hall–Kier alpha value is -1.89. The average Bonchev–Trinajstić information content (AvgIpc) is 2.30. The lowest BCUT2D eigenvalue weighted by Gasteiger charge is -2.37. The third-order valence-corrected chi connectivity index (χ3v) is 3.19. The van der Waals surface area contributed by atoms with Gasteiger partial charge in [-0.25, -0.2) is 4.39 Å². The molecule has 1 heterocycles. The lowest BCUT2D eigenvalue weighted by atomic mass is 10.1. The van der Waals surface area contributed by atoms with Crippen LogP contribution in [-0.2, 0) is 0 Å². The number of halogens is 1. The Balaban J connectivity index is 2.35. The second-order valence-electron chi connectivity index (χ2n) is 4.99. The van der Waals surface area contributed by atoms with Crippen LogP contribution in [0.4, 0.5) is 21.5 Å². The molecule has 0 aromatic heterocycles. The molecule has 1 aromatic carbocycles. The first-order valence-electron chi connectivity index (χ1n) is 6.13. The molecule has 104 valence electrons. The zero-order valence-corrected chi connectivity index (χ0v) is 10.9. The number of rotatable bonds is 2. The molecule has 6 nitrogen and oxygen atoms in total. The summed E-state index contributed by atoms with van der Waals surface area (Å²) in [6, 6.07) is 2.68. The highest BCUT2D eigenvalue weighted by Gasteiger charge is 2.25. The minimum atomic E-state index is -0.675. The van der Waals surface area contributed by atoms with E-state index in [1.165, 1.54) is 6.07 Å². The highest BCUT2D eigenvalue weighted by atomic mass is 19.1. The monoisotopic (exact) mass is 268 g/mol. The van der Waals surface area contributed by atoms with Crippen molar-refractivity contribution in [3.63, 3.8) is 0 Å². The molecule has 1 aromatic rings. The Morgan fingerprint density at radius 2 is 2.00 bits per heavy atom. The molecule has 0 amide bonds. The van der Waals surface area contributed by atoms with Crippen molar-refractivity contribution < 1.29 is 9.31 Å². The van der Waals surface area contributed by atoms with E-state index in [9.17, 15) is 14.5 Å². The van der Waals surface area contributed by atoms with Gasteiger partial charge in [-0.15, -0.1) is 0 Å². The van der Waals surface area contributed by atoms with E-state index in [1.54, 1.807) is 0 Å². The number of nitrogens with two attached hydrogens (primary N) is 1. The third kappa shape index (κ3) is 2.76. The average molecular weight is 268 g/mol. The van der Waals surface area contributed by atoms with Crippen molar-refractivity contribution >= 4 is 17.1 Å². The van der Waals surface area contributed by atoms with Crippen LogP contribution in [0.25, 0.3) is 0 Å². The lowest BCUT2D eigenvalue weighted by molar-refractivity contribution is -0.384. The molecule has 1 aliphatic rings. The Morgan fingerprint density at radius 3 is 2.53 bits per heavy atom. The molecule has 1 saturated heterocycles. The molecule has 3 N–H and O–H groups in total. The Morgan fingerprint density at radius 1 is 1.42 bits per heavy atom. The molecule has 2 atom stereocenters. The first kappa shape index (κ1) is 13.5. The van der Waals surface area contributed by atoms with Gasteiger partial charge < -0.3 is 16.0 Å². The van der Waals surface area contributed by atoms with Gasteiger partial charge in [-0.1, -0.05) is 0 Å². The van der Waals surface area contributed by atoms with Gasteiger partial charge in [-0.05, 0) is 19.9 Å². The number of hydrogen-bond donors (Lipinski definition) is 2. The van der Waals surface area contributed by atoms with E-state index in [1.807, 2.05) is 18.7 Å². The Labute approximate surface area is 110 Å². The van der Waals surface area contributed by atoms with Crippen molar-refractivity contribution in [2.75, 3.05) is 23.7 Å². The van der Waals surface area contributed by atoms with Gasteiger partial charge in [0.05, 0.1) is 16.7 Å². The van der Waals surface area contributed by atoms with Crippen molar-refractivity contribution in [3.05, 3.63) is 28.1 Å². The number of nitro groups is 1. The van der Waals surface area contributed by atoms with Gasteiger partial charge in [-0.2, -0.15) is 0 Å². The number of nitrogens with one attached hydrogen (secondary N) is 1. The summed E-state index contributed by atoms with van der Waals surface area (Å²) in [5.41, 5.74) is 5.53.